The van der Waals surface area contributed by atoms with Gasteiger partial charge in [0, 0.05) is 0 Å². The number of rotatable bonds is 2. The number of fused-ring (bicyclic) bond motifs is 2. The molecule has 5 rings (SSSR count). The lowest BCUT2D eigenvalue weighted by Gasteiger charge is -2.32. The standard InChI is InChI=1S/C27H27BO2/c1-18-14-16-19(17-15-18)24-20-10-6-8-12-22(20)25(23-13-9-7-11-21(23)24)28-29-26(2,3)27(4,5)30-28/h6-17H,1-5H3. The van der Waals surface area contributed by atoms with E-state index in [0.717, 1.165) is 5.46 Å². The van der Waals surface area contributed by atoms with Gasteiger partial charge in [-0.25, -0.2) is 0 Å². The quantitative estimate of drug-likeness (QED) is 0.295. The van der Waals surface area contributed by atoms with Gasteiger partial charge in [0.15, 0.2) is 0 Å². The summed E-state index contributed by atoms with van der Waals surface area (Å²) in [5.74, 6) is 0. The first kappa shape index (κ1) is 19.4. The van der Waals surface area contributed by atoms with Crippen LogP contribution in [0.15, 0.2) is 72.8 Å². The molecule has 0 unspecified atom stereocenters. The van der Waals surface area contributed by atoms with Gasteiger partial charge < -0.3 is 9.31 Å². The molecule has 0 aliphatic carbocycles. The van der Waals surface area contributed by atoms with Gasteiger partial charge in [0.25, 0.3) is 0 Å². The second-order valence-electron chi connectivity index (χ2n) is 9.33. The third-order valence-electron chi connectivity index (χ3n) is 6.80. The number of aryl methyl sites for hydroxylation is 1. The van der Waals surface area contributed by atoms with Crippen molar-refractivity contribution < 1.29 is 9.31 Å². The predicted molar refractivity (Wildman–Crippen MR) is 127 cm³/mol. The molecule has 0 aromatic heterocycles. The fraction of sp³-hybridized carbons (Fsp3) is 0.259. The zero-order chi connectivity index (χ0) is 21.1. The van der Waals surface area contributed by atoms with Crippen molar-refractivity contribution in [3.63, 3.8) is 0 Å². The summed E-state index contributed by atoms with van der Waals surface area (Å²) in [6.07, 6.45) is 0. The van der Waals surface area contributed by atoms with Crippen molar-refractivity contribution in [2.75, 3.05) is 0 Å². The van der Waals surface area contributed by atoms with Crippen LogP contribution in [0.2, 0.25) is 0 Å². The van der Waals surface area contributed by atoms with Gasteiger partial charge in [-0.2, -0.15) is 0 Å². The minimum Gasteiger partial charge on any atom is -0.399 e. The van der Waals surface area contributed by atoms with Crippen LogP contribution in [-0.4, -0.2) is 18.3 Å². The average Bonchev–Trinajstić information content (AvgIpc) is 2.93. The fourth-order valence-electron chi connectivity index (χ4n) is 4.41. The Balaban J connectivity index is 1.86. The van der Waals surface area contributed by atoms with Crippen LogP contribution in [0.1, 0.15) is 33.3 Å². The molecule has 150 valence electrons. The molecule has 0 amide bonds. The molecule has 1 aliphatic heterocycles. The number of hydrogen-bond acceptors (Lipinski definition) is 2. The summed E-state index contributed by atoms with van der Waals surface area (Å²) in [7, 11) is -0.406. The second-order valence-corrected chi connectivity index (χ2v) is 9.33. The van der Waals surface area contributed by atoms with Gasteiger partial charge in [-0.3, -0.25) is 0 Å². The van der Waals surface area contributed by atoms with E-state index in [9.17, 15) is 0 Å². The Kier molecular flexibility index (Phi) is 4.32. The van der Waals surface area contributed by atoms with Gasteiger partial charge >= 0.3 is 7.12 Å². The van der Waals surface area contributed by atoms with Crippen LogP contribution in [0.3, 0.4) is 0 Å². The maximum absolute atomic E-state index is 6.51. The van der Waals surface area contributed by atoms with Crippen molar-refractivity contribution in [3.8, 4) is 11.1 Å². The van der Waals surface area contributed by atoms with Gasteiger partial charge in [-0.1, -0.05) is 78.4 Å². The molecule has 0 bridgehead atoms. The van der Waals surface area contributed by atoms with E-state index in [1.807, 2.05) is 0 Å². The highest BCUT2D eigenvalue weighted by Gasteiger charge is 2.52. The molecule has 1 fully saturated rings. The van der Waals surface area contributed by atoms with E-state index in [4.69, 9.17) is 9.31 Å². The highest BCUT2D eigenvalue weighted by Crippen LogP contribution is 2.40. The van der Waals surface area contributed by atoms with Crippen molar-refractivity contribution in [3.05, 3.63) is 78.4 Å². The summed E-state index contributed by atoms with van der Waals surface area (Å²) in [4.78, 5) is 0. The summed E-state index contributed by atoms with van der Waals surface area (Å²) in [5, 5.41) is 4.82. The molecule has 1 heterocycles. The molecule has 0 radical (unpaired) electrons. The molecule has 4 aromatic carbocycles. The summed E-state index contributed by atoms with van der Waals surface area (Å²) in [6.45, 7) is 10.6. The molecule has 1 aliphatic rings. The average molecular weight is 394 g/mol. The van der Waals surface area contributed by atoms with E-state index in [1.165, 1.54) is 38.2 Å². The van der Waals surface area contributed by atoms with Crippen LogP contribution in [0.25, 0.3) is 32.7 Å². The lowest BCUT2D eigenvalue weighted by molar-refractivity contribution is 0.00578. The first-order chi connectivity index (χ1) is 14.3. The van der Waals surface area contributed by atoms with Crippen LogP contribution in [-0.2, 0) is 9.31 Å². The van der Waals surface area contributed by atoms with E-state index in [2.05, 4.69) is 107 Å². The van der Waals surface area contributed by atoms with E-state index >= 15 is 0 Å². The van der Waals surface area contributed by atoms with E-state index in [1.54, 1.807) is 0 Å². The van der Waals surface area contributed by atoms with Crippen molar-refractivity contribution in [1.82, 2.24) is 0 Å². The molecular weight excluding hydrogens is 367 g/mol. The molecular formula is C27H27BO2. The van der Waals surface area contributed by atoms with Crippen LogP contribution in [0, 0.1) is 6.92 Å². The zero-order valence-corrected chi connectivity index (χ0v) is 18.3. The molecule has 30 heavy (non-hydrogen) atoms. The Morgan fingerprint density at radius 2 is 1.03 bits per heavy atom. The summed E-state index contributed by atoms with van der Waals surface area (Å²) in [5.41, 5.74) is 4.12. The number of hydrogen-bond donors (Lipinski definition) is 0. The van der Waals surface area contributed by atoms with E-state index in [-0.39, 0.29) is 11.2 Å². The lowest BCUT2D eigenvalue weighted by Crippen LogP contribution is -2.41. The minimum absolute atomic E-state index is 0.379. The van der Waals surface area contributed by atoms with Gasteiger partial charge in [-0.05, 0) is 72.8 Å². The first-order valence-electron chi connectivity index (χ1n) is 10.6. The zero-order valence-electron chi connectivity index (χ0n) is 18.3. The summed E-state index contributed by atoms with van der Waals surface area (Å²) >= 11 is 0. The maximum atomic E-state index is 6.51. The highest BCUT2D eigenvalue weighted by atomic mass is 16.7. The third kappa shape index (κ3) is 2.88. The molecule has 3 heteroatoms. The van der Waals surface area contributed by atoms with E-state index < -0.39 is 7.12 Å². The van der Waals surface area contributed by atoms with Crippen LogP contribution >= 0.6 is 0 Å². The maximum Gasteiger partial charge on any atom is 0.496 e. The van der Waals surface area contributed by atoms with Crippen molar-refractivity contribution in [1.29, 1.82) is 0 Å². The fourth-order valence-corrected chi connectivity index (χ4v) is 4.41. The smallest absolute Gasteiger partial charge is 0.399 e. The molecule has 0 spiro atoms. The Bertz CT molecular complexity index is 1180. The molecule has 0 atom stereocenters. The van der Waals surface area contributed by atoms with E-state index in [0.29, 0.717) is 0 Å². The largest absolute Gasteiger partial charge is 0.496 e. The minimum atomic E-state index is -0.406. The molecule has 4 aromatic rings. The normalized spacial score (nSPS) is 17.7. The third-order valence-corrected chi connectivity index (χ3v) is 6.80. The Labute approximate surface area is 179 Å². The summed E-state index contributed by atoms with van der Waals surface area (Å²) in [6, 6.07) is 26.1. The van der Waals surface area contributed by atoms with Gasteiger partial charge in [0.1, 0.15) is 0 Å². The van der Waals surface area contributed by atoms with Crippen LogP contribution < -0.4 is 5.46 Å². The second kappa shape index (κ2) is 6.70. The molecule has 0 N–H and O–H groups in total. The SMILES string of the molecule is Cc1ccc(-c2c3ccccc3c(B3OC(C)(C)C(C)(C)O3)c3ccccc23)cc1. The molecule has 2 nitrogen and oxygen atoms in total. The highest BCUT2D eigenvalue weighted by molar-refractivity contribution is 6.68. The van der Waals surface area contributed by atoms with Crippen molar-refractivity contribution in [2.45, 2.75) is 45.8 Å². The van der Waals surface area contributed by atoms with Crippen LogP contribution in [0.5, 0.6) is 0 Å². The Morgan fingerprint density at radius 1 is 0.600 bits per heavy atom. The first-order valence-corrected chi connectivity index (χ1v) is 10.6. The molecule has 1 saturated heterocycles. The van der Waals surface area contributed by atoms with Crippen LogP contribution in [0.4, 0.5) is 0 Å². The summed E-state index contributed by atoms with van der Waals surface area (Å²) < 4.78 is 13.0. The van der Waals surface area contributed by atoms with Gasteiger partial charge in [-0.15, -0.1) is 0 Å². The monoisotopic (exact) mass is 394 g/mol. The van der Waals surface area contributed by atoms with Crippen molar-refractivity contribution >= 4 is 34.1 Å². The Hall–Kier alpha value is -2.62. The Morgan fingerprint density at radius 3 is 1.50 bits per heavy atom. The van der Waals surface area contributed by atoms with Crippen molar-refractivity contribution in [2.24, 2.45) is 0 Å². The van der Waals surface area contributed by atoms with Gasteiger partial charge in [0.2, 0.25) is 0 Å². The van der Waals surface area contributed by atoms with Gasteiger partial charge in [0.05, 0.1) is 11.2 Å². The lowest BCUT2D eigenvalue weighted by atomic mass is 9.71. The number of benzene rings is 4. The topological polar surface area (TPSA) is 18.5 Å². The molecule has 0 saturated carbocycles. The predicted octanol–water partition coefficient (Wildman–Crippen LogP) is 6.27.